The number of nitrogens with zero attached hydrogens (tertiary/aromatic N) is 2. The van der Waals surface area contributed by atoms with Gasteiger partial charge in [-0.1, -0.05) is 11.3 Å². The number of furan rings is 1. The van der Waals surface area contributed by atoms with Gasteiger partial charge in [-0.15, -0.1) is 0 Å². The summed E-state index contributed by atoms with van der Waals surface area (Å²) >= 11 is 1.32. The topological polar surface area (TPSA) is 120 Å². The number of rotatable bonds is 5. The molecule has 0 aliphatic heterocycles. The number of ether oxygens (including phenoxy) is 1. The number of nitrogens with one attached hydrogen (secondary N) is 2. The van der Waals surface area contributed by atoms with Gasteiger partial charge in [-0.05, 0) is 24.3 Å². The lowest BCUT2D eigenvalue weighted by molar-refractivity contribution is -0.402. The molecule has 0 unspecified atom stereocenters. The Kier molecular flexibility index (Phi) is 3.81. The fourth-order valence-electron chi connectivity index (χ4n) is 1.81. The molecular formula is C13H10N4O5S. The van der Waals surface area contributed by atoms with E-state index in [-0.39, 0.29) is 5.76 Å². The number of nitro groups is 1. The van der Waals surface area contributed by atoms with Gasteiger partial charge in [0.2, 0.25) is 10.9 Å². The number of anilines is 1. The minimum absolute atomic E-state index is 0.174. The van der Waals surface area contributed by atoms with Gasteiger partial charge in [0.05, 0.1) is 23.4 Å². The Morgan fingerprint density at radius 2 is 2.22 bits per heavy atom. The number of aromatic nitrogens is 1. The zero-order valence-electron chi connectivity index (χ0n) is 11.7. The first-order valence-corrected chi connectivity index (χ1v) is 7.13. The zero-order chi connectivity index (χ0) is 16.4. The van der Waals surface area contributed by atoms with E-state index in [1.54, 1.807) is 19.2 Å². The fourth-order valence-corrected chi connectivity index (χ4v) is 2.65. The van der Waals surface area contributed by atoms with Gasteiger partial charge < -0.3 is 9.15 Å². The van der Waals surface area contributed by atoms with Gasteiger partial charge in [0.15, 0.2) is 0 Å². The number of amides is 1. The van der Waals surface area contributed by atoms with Crippen LogP contribution in [-0.4, -0.2) is 22.9 Å². The molecule has 3 aromatic rings. The SMILES string of the molecule is COc1ccc2nc(NNC(=O)c3ccc([N+](=O)[O-])o3)sc2c1. The molecule has 0 bridgehead atoms. The average Bonchev–Trinajstić information content (AvgIpc) is 3.18. The smallest absolute Gasteiger partial charge is 0.433 e. The molecule has 2 aromatic heterocycles. The highest BCUT2D eigenvalue weighted by atomic mass is 32.1. The second-order valence-corrected chi connectivity index (χ2v) is 5.36. The molecule has 23 heavy (non-hydrogen) atoms. The second kappa shape index (κ2) is 5.93. The Hall–Kier alpha value is -3.14. The minimum atomic E-state index is -0.717. The average molecular weight is 334 g/mol. The van der Waals surface area contributed by atoms with Crippen LogP contribution in [0, 0.1) is 10.1 Å². The Bertz CT molecular complexity index is 888. The summed E-state index contributed by atoms with van der Waals surface area (Å²) in [5.74, 6) is -0.608. The minimum Gasteiger partial charge on any atom is -0.497 e. The van der Waals surface area contributed by atoms with Crippen LogP contribution in [0.5, 0.6) is 5.75 Å². The highest BCUT2D eigenvalue weighted by Crippen LogP contribution is 2.28. The molecule has 0 radical (unpaired) electrons. The van der Waals surface area contributed by atoms with Gasteiger partial charge in [0.25, 0.3) is 0 Å². The Morgan fingerprint density at radius 1 is 1.39 bits per heavy atom. The van der Waals surface area contributed by atoms with Crippen molar-refractivity contribution in [2.75, 3.05) is 12.5 Å². The van der Waals surface area contributed by atoms with E-state index in [1.807, 2.05) is 6.07 Å². The van der Waals surface area contributed by atoms with Gasteiger partial charge in [0.1, 0.15) is 10.7 Å². The van der Waals surface area contributed by atoms with Crippen LogP contribution in [-0.2, 0) is 0 Å². The highest BCUT2D eigenvalue weighted by Gasteiger charge is 2.17. The predicted octanol–water partition coefficient (Wildman–Crippen LogP) is 2.56. The van der Waals surface area contributed by atoms with Crippen molar-refractivity contribution in [3.05, 3.63) is 46.2 Å². The number of hydrogen-bond acceptors (Lipinski definition) is 8. The van der Waals surface area contributed by atoms with Crippen LogP contribution >= 0.6 is 11.3 Å². The highest BCUT2D eigenvalue weighted by molar-refractivity contribution is 7.22. The molecule has 0 saturated carbocycles. The molecule has 118 valence electrons. The van der Waals surface area contributed by atoms with E-state index in [0.717, 1.165) is 16.3 Å². The van der Waals surface area contributed by atoms with Gasteiger partial charge in [-0.2, -0.15) is 0 Å². The maximum absolute atomic E-state index is 11.8. The molecule has 0 spiro atoms. The summed E-state index contributed by atoms with van der Waals surface area (Å²) in [6, 6.07) is 7.74. The van der Waals surface area contributed by atoms with E-state index < -0.39 is 16.7 Å². The summed E-state index contributed by atoms with van der Waals surface area (Å²) in [6.45, 7) is 0. The van der Waals surface area contributed by atoms with E-state index >= 15 is 0 Å². The van der Waals surface area contributed by atoms with Crippen LogP contribution in [0.25, 0.3) is 10.2 Å². The van der Waals surface area contributed by atoms with Crippen molar-refractivity contribution in [2.24, 2.45) is 0 Å². The summed E-state index contributed by atoms with van der Waals surface area (Å²) in [5, 5.41) is 11.0. The predicted molar refractivity (Wildman–Crippen MR) is 82.6 cm³/mol. The lowest BCUT2D eigenvalue weighted by Gasteiger charge is -2.02. The van der Waals surface area contributed by atoms with Crippen molar-refractivity contribution in [3.8, 4) is 5.75 Å². The maximum Gasteiger partial charge on any atom is 0.433 e. The number of carbonyl (C=O) groups is 1. The lowest BCUT2D eigenvalue weighted by Crippen LogP contribution is -2.28. The standard InChI is InChI=1S/C13H10N4O5S/c1-21-7-2-3-8-10(6-7)23-13(14-8)16-15-12(18)9-4-5-11(22-9)17(19)20/h2-6H,1H3,(H,14,16)(H,15,18). The Balaban J connectivity index is 1.69. The Labute approximate surface area is 133 Å². The Morgan fingerprint density at radius 3 is 2.91 bits per heavy atom. The third-order valence-corrected chi connectivity index (χ3v) is 3.81. The first-order valence-electron chi connectivity index (χ1n) is 6.32. The largest absolute Gasteiger partial charge is 0.497 e. The molecule has 2 heterocycles. The maximum atomic E-state index is 11.8. The van der Waals surface area contributed by atoms with Crippen LogP contribution in [0.4, 0.5) is 11.0 Å². The fraction of sp³-hybridized carbons (Fsp3) is 0.0769. The van der Waals surface area contributed by atoms with Crippen LogP contribution in [0.15, 0.2) is 34.7 Å². The summed E-state index contributed by atoms with van der Waals surface area (Å²) in [5.41, 5.74) is 5.77. The van der Waals surface area contributed by atoms with Crippen molar-refractivity contribution >= 4 is 38.5 Å². The number of hydrazine groups is 1. The van der Waals surface area contributed by atoms with Crippen molar-refractivity contribution in [2.45, 2.75) is 0 Å². The summed E-state index contributed by atoms with van der Waals surface area (Å²) in [4.78, 5) is 25.9. The lowest BCUT2D eigenvalue weighted by atomic mass is 10.3. The number of carbonyl (C=O) groups excluding carboxylic acids is 1. The van der Waals surface area contributed by atoms with Crippen molar-refractivity contribution < 1.29 is 18.9 Å². The molecule has 1 aromatic carbocycles. The van der Waals surface area contributed by atoms with E-state index in [4.69, 9.17) is 9.15 Å². The third-order valence-electron chi connectivity index (χ3n) is 2.87. The summed E-state index contributed by atoms with van der Waals surface area (Å²) < 4.78 is 10.8. The first-order chi connectivity index (χ1) is 11.1. The summed E-state index contributed by atoms with van der Waals surface area (Å²) in [7, 11) is 1.57. The van der Waals surface area contributed by atoms with E-state index in [9.17, 15) is 14.9 Å². The first kappa shape index (κ1) is 14.8. The molecule has 0 aliphatic rings. The number of fused-ring (bicyclic) bond motifs is 1. The van der Waals surface area contributed by atoms with Gasteiger partial charge in [0, 0.05) is 0 Å². The molecule has 2 N–H and O–H groups in total. The van der Waals surface area contributed by atoms with Gasteiger partial charge in [-0.25, -0.2) is 4.98 Å². The summed E-state index contributed by atoms with van der Waals surface area (Å²) in [6.07, 6.45) is 0. The van der Waals surface area contributed by atoms with Crippen LogP contribution in [0.1, 0.15) is 10.6 Å². The quantitative estimate of drug-likeness (QED) is 0.543. The monoisotopic (exact) mass is 334 g/mol. The molecule has 3 rings (SSSR count). The van der Waals surface area contributed by atoms with Crippen molar-refractivity contribution in [1.29, 1.82) is 0 Å². The van der Waals surface area contributed by atoms with Crippen LogP contribution in [0.3, 0.4) is 0 Å². The van der Waals surface area contributed by atoms with Gasteiger partial charge >= 0.3 is 11.8 Å². The van der Waals surface area contributed by atoms with Crippen molar-refractivity contribution in [3.63, 3.8) is 0 Å². The molecular weight excluding hydrogens is 324 g/mol. The zero-order valence-corrected chi connectivity index (χ0v) is 12.5. The molecule has 10 heteroatoms. The van der Waals surface area contributed by atoms with Crippen LogP contribution in [0.2, 0.25) is 0 Å². The van der Waals surface area contributed by atoms with Crippen LogP contribution < -0.4 is 15.6 Å². The number of methoxy groups -OCH3 is 1. The van der Waals surface area contributed by atoms with Crippen molar-refractivity contribution in [1.82, 2.24) is 10.4 Å². The second-order valence-electron chi connectivity index (χ2n) is 4.33. The van der Waals surface area contributed by atoms with Gasteiger partial charge in [-0.3, -0.25) is 25.8 Å². The van der Waals surface area contributed by atoms with E-state index in [1.165, 1.54) is 17.4 Å². The van der Waals surface area contributed by atoms with E-state index in [2.05, 4.69) is 15.8 Å². The number of benzene rings is 1. The molecule has 9 nitrogen and oxygen atoms in total. The molecule has 0 saturated heterocycles. The normalized spacial score (nSPS) is 10.5. The molecule has 0 atom stereocenters. The number of thiazole rings is 1. The molecule has 0 aliphatic carbocycles. The molecule has 1 amide bonds. The number of hydrogen-bond donors (Lipinski definition) is 2. The van der Waals surface area contributed by atoms with E-state index in [0.29, 0.717) is 10.9 Å². The third kappa shape index (κ3) is 3.06. The molecule has 0 fully saturated rings.